The molecule has 0 aliphatic carbocycles. The van der Waals surface area contributed by atoms with Gasteiger partial charge in [0.2, 0.25) is 0 Å². The molecule has 0 aliphatic rings. The number of hydrogen-bond acceptors (Lipinski definition) is 0. The lowest BCUT2D eigenvalue weighted by Gasteiger charge is -2.15. The zero-order valence-corrected chi connectivity index (χ0v) is 12.5. The number of aryl methyl sites for hydroxylation is 1. The van der Waals surface area contributed by atoms with Gasteiger partial charge in [-0.3, -0.25) is 0 Å². The van der Waals surface area contributed by atoms with Gasteiger partial charge < -0.3 is 0 Å². The zero-order chi connectivity index (χ0) is 15.0. The predicted octanol–water partition coefficient (Wildman–Crippen LogP) is 5.69. The SMILES string of the molecule is Cc1cc(C(Br)c2c(F)cc(F)cc2F)c(Cl)cc1F. The first-order valence-corrected chi connectivity index (χ1v) is 6.84. The molecule has 20 heavy (non-hydrogen) atoms. The van der Waals surface area contributed by atoms with Crippen molar-refractivity contribution in [2.24, 2.45) is 0 Å². The molecule has 0 bridgehead atoms. The molecule has 0 radical (unpaired) electrons. The maximum atomic E-state index is 13.7. The molecule has 0 fully saturated rings. The zero-order valence-electron chi connectivity index (χ0n) is 10.2. The maximum absolute atomic E-state index is 13.7. The summed E-state index contributed by atoms with van der Waals surface area (Å²) in [7, 11) is 0. The van der Waals surface area contributed by atoms with E-state index < -0.39 is 28.1 Å². The van der Waals surface area contributed by atoms with Crippen LogP contribution in [0.3, 0.4) is 0 Å². The molecule has 0 aliphatic heterocycles. The molecule has 0 aromatic heterocycles. The lowest BCUT2D eigenvalue weighted by Crippen LogP contribution is -2.03. The van der Waals surface area contributed by atoms with Crippen molar-refractivity contribution in [2.45, 2.75) is 11.8 Å². The highest BCUT2D eigenvalue weighted by Crippen LogP contribution is 2.38. The van der Waals surface area contributed by atoms with Crippen molar-refractivity contribution in [1.29, 1.82) is 0 Å². The van der Waals surface area contributed by atoms with Crippen molar-refractivity contribution in [3.05, 3.63) is 69.2 Å². The fourth-order valence-electron chi connectivity index (χ4n) is 1.82. The van der Waals surface area contributed by atoms with Gasteiger partial charge in [0.15, 0.2) is 0 Å². The molecule has 6 heteroatoms. The minimum atomic E-state index is -1.04. The van der Waals surface area contributed by atoms with E-state index >= 15 is 0 Å². The van der Waals surface area contributed by atoms with Crippen molar-refractivity contribution in [1.82, 2.24) is 0 Å². The van der Waals surface area contributed by atoms with Gasteiger partial charge in [-0.15, -0.1) is 0 Å². The van der Waals surface area contributed by atoms with E-state index in [9.17, 15) is 17.6 Å². The Morgan fingerprint density at radius 2 is 1.50 bits per heavy atom. The largest absolute Gasteiger partial charge is 0.207 e. The Kier molecular flexibility index (Phi) is 4.39. The van der Waals surface area contributed by atoms with Crippen LogP contribution in [-0.2, 0) is 0 Å². The summed E-state index contributed by atoms with van der Waals surface area (Å²) in [6.07, 6.45) is 0. The van der Waals surface area contributed by atoms with Crippen LogP contribution in [0.15, 0.2) is 24.3 Å². The summed E-state index contributed by atoms with van der Waals surface area (Å²) in [6, 6.07) is 3.62. The van der Waals surface area contributed by atoms with Gasteiger partial charge >= 0.3 is 0 Å². The van der Waals surface area contributed by atoms with Gasteiger partial charge in [-0.25, -0.2) is 17.6 Å². The number of benzene rings is 2. The van der Waals surface area contributed by atoms with Crippen molar-refractivity contribution in [2.75, 3.05) is 0 Å². The highest BCUT2D eigenvalue weighted by Gasteiger charge is 2.23. The Hall–Kier alpha value is -1.07. The Balaban J connectivity index is 2.57. The molecule has 0 saturated carbocycles. The molecule has 2 rings (SSSR count). The van der Waals surface area contributed by atoms with Crippen LogP contribution in [0.4, 0.5) is 17.6 Å². The molecular formula is C14H8BrClF4. The predicted molar refractivity (Wildman–Crippen MR) is 73.2 cm³/mol. The van der Waals surface area contributed by atoms with E-state index in [-0.39, 0.29) is 16.1 Å². The number of alkyl halides is 1. The van der Waals surface area contributed by atoms with E-state index in [1.807, 2.05) is 0 Å². The van der Waals surface area contributed by atoms with Crippen LogP contribution >= 0.6 is 27.5 Å². The Labute approximate surface area is 126 Å². The summed E-state index contributed by atoms with van der Waals surface area (Å²) in [5.41, 5.74) is 0.214. The van der Waals surface area contributed by atoms with Crippen LogP contribution in [0, 0.1) is 30.2 Å². The number of hydrogen-bond donors (Lipinski definition) is 0. The topological polar surface area (TPSA) is 0 Å². The maximum Gasteiger partial charge on any atom is 0.133 e. The molecule has 0 N–H and O–H groups in total. The first-order chi connectivity index (χ1) is 9.31. The Bertz CT molecular complexity index is 649. The average molecular weight is 368 g/mol. The molecule has 1 unspecified atom stereocenters. The van der Waals surface area contributed by atoms with Crippen molar-refractivity contribution in [3.8, 4) is 0 Å². The number of halogens is 6. The smallest absolute Gasteiger partial charge is 0.133 e. The molecule has 0 spiro atoms. The Morgan fingerprint density at radius 1 is 0.950 bits per heavy atom. The van der Waals surface area contributed by atoms with Gasteiger partial charge in [-0.05, 0) is 24.1 Å². The summed E-state index contributed by atoms with van der Waals surface area (Å²) in [5.74, 6) is -3.60. The lowest BCUT2D eigenvalue weighted by atomic mass is 10.0. The second-order valence-corrected chi connectivity index (χ2v) is 5.59. The molecular weight excluding hydrogens is 360 g/mol. The quantitative estimate of drug-likeness (QED) is 0.472. The second kappa shape index (κ2) is 5.74. The van der Waals surface area contributed by atoms with E-state index in [4.69, 9.17) is 11.6 Å². The first-order valence-electron chi connectivity index (χ1n) is 5.55. The molecule has 2 aromatic rings. The van der Waals surface area contributed by atoms with E-state index in [0.717, 1.165) is 6.07 Å². The van der Waals surface area contributed by atoms with Crippen LogP contribution in [0.2, 0.25) is 5.02 Å². The third-order valence-electron chi connectivity index (χ3n) is 2.85. The standard InChI is InChI=1S/C14H8BrClF4/c1-6-2-8(9(16)5-10(6)18)14(15)13-11(19)3-7(17)4-12(13)20/h2-5,14H,1H3. The van der Waals surface area contributed by atoms with Crippen LogP contribution in [0.5, 0.6) is 0 Å². The van der Waals surface area contributed by atoms with Gasteiger partial charge in [0.05, 0.1) is 4.83 Å². The molecule has 1 atom stereocenters. The fourth-order valence-corrected chi connectivity index (χ4v) is 3.03. The van der Waals surface area contributed by atoms with Gasteiger partial charge in [-0.2, -0.15) is 0 Å². The Morgan fingerprint density at radius 3 is 2.05 bits per heavy atom. The van der Waals surface area contributed by atoms with E-state index in [0.29, 0.717) is 17.7 Å². The minimum absolute atomic E-state index is 0.0260. The van der Waals surface area contributed by atoms with Gasteiger partial charge in [0.1, 0.15) is 23.3 Å². The first kappa shape index (κ1) is 15.3. The van der Waals surface area contributed by atoms with Gasteiger partial charge in [0.25, 0.3) is 0 Å². The molecule has 0 amide bonds. The van der Waals surface area contributed by atoms with Crippen molar-refractivity contribution in [3.63, 3.8) is 0 Å². The highest BCUT2D eigenvalue weighted by atomic mass is 79.9. The third-order valence-corrected chi connectivity index (χ3v) is 4.13. The summed E-state index contributed by atoms with van der Waals surface area (Å²) in [4.78, 5) is -0.949. The van der Waals surface area contributed by atoms with E-state index in [1.54, 1.807) is 0 Å². The summed E-state index contributed by atoms with van der Waals surface area (Å²) in [5, 5.41) is 0.0260. The molecule has 2 aromatic carbocycles. The van der Waals surface area contributed by atoms with Crippen molar-refractivity contribution < 1.29 is 17.6 Å². The van der Waals surface area contributed by atoms with Gasteiger partial charge in [-0.1, -0.05) is 33.6 Å². The van der Waals surface area contributed by atoms with Crippen LogP contribution in [0.1, 0.15) is 21.5 Å². The van der Waals surface area contributed by atoms with E-state index in [1.165, 1.54) is 13.0 Å². The molecule has 0 saturated heterocycles. The minimum Gasteiger partial charge on any atom is -0.207 e. The summed E-state index contributed by atoms with van der Waals surface area (Å²) >= 11 is 9.01. The van der Waals surface area contributed by atoms with Crippen LogP contribution < -0.4 is 0 Å². The monoisotopic (exact) mass is 366 g/mol. The van der Waals surface area contributed by atoms with Crippen LogP contribution in [-0.4, -0.2) is 0 Å². The average Bonchev–Trinajstić information content (AvgIpc) is 2.32. The van der Waals surface area contributed by atoms with Crippen molar-refractivity contribution >= 4 is 27.5 Å². The fraction of sp³-hybridized carbons (Fsp3) is 0.143. The number of rotatable bonds is 2. The van der Waals surface area contributed by atoms with Gasteiger partial charge in [0, 0.05) is 22.7 Å². The highest BCUT2D eigenvalue weighted by molar-refractivity contribution is 9.09. The normalized spacial score (nSPS) is 12.6. The third kappa shape index (κ3) is 2.83. The van der Waals surface area contributed by atoms with E-state index in [2.05, 4.69) is 15.9 Å². The molecule has 0 nitrogen and oxygen atoms in total. The lowest BCUT2D eigenvalue weighted by molar-refractivity contribution is 0.527. The second-order valence-electron chi connectivity index (χ2n) is 4.27. The summed E-state index contributed by atoms with van der Waals surface area (Å²) < 4.78 is 53.7. The molecule has 0 heterocycles. The molecule has 106 valence electrons. The summed E-state index contributed by atoms with van der Waals surface area (Å²) in [6.45, 7) is 1.51. The van der Waals surface area contributed by atoms with Crippen LogP contribution in [0.25, 0.3) is 0 Å².